The highest BCUT2D eigenvalue weighted by molar-refractivity contribution is 9.10. The molecule has 0 unspecified atom stereocenters. The fourth-order valence-corrected chi connectivity index (χ4v) is 2.63. The van der Waals surface area contributed by atoms with Crippen LogP contribution < -0.4 is 10.2 Å². The van der Waals surface area contributed by atoms with Gasteiger partial charge in [-0.25, -0.2) is 4.98 Å². The summed E-state index contributed by atoms with van der Waals surface area (Å²) in [4.78, 5) is 22.4. The second-order valence-electron chi connectivity index (χ2n) is 4.81. The molecule has 22 heavy (non-hydrogen) atoms. The maximum atomic E-state index is 12.3. The number of aromatic nitrogens is 2. The number of morpholine rings is 1. The van der Waals surface area contributed by atoms with Crippen molar-refractivity contribution in [3.8, 4) is 0 Å². The predicted molar refractivity (Wildman–Crippen MR) is 87.2 cm³/mol. The molecule has 0 spiro atoms. The summed E-state index contributed by atoms with van der Waals surface area (Å²) in [7, 11) is 0. The lowest BCUT2D eigenvalue weighted by molar-refractivity contribution is 0.102. The molecule has 1 aliphatic rings. The van der Waals surface area contributed by atoms with Crippen LogP contribution in [0.25, 0.3) is 0 Å². The summed E-state index contributed by atoms with van der Waals surface area (Å²) < 4.78 is 6.35. The molecule has 0 bridgehead atoms. The van der Waals surface area contributed by atoms with Gasteiger partial charge in [0.1, 0.15) is 5.69 Å². The summed E-state index contributed by atoms with van der Waals surface area (Å²) in [6.07, 6.45) is 4.48. The lowest BCUT2D eigenvalue weighted by Crippen LogP contribution is -2.36. The fraction of sp³-hybridized carbons (Fsp3) is 0.267. The third kappa shape index (κ3) is 3.42. The Kier molecular flexibility index (Phi) is 4.65. The molecule has 1 N–H and O–H groups in total. The molecule has 1 saturated heterocycles. The van der Waals surface area contributed by atoms with Crippen LogP contribution in [-0.4, -0.2) is 42.2 Å². The Morgan fingerprint density at radius 1 is 1.27 bits per heavy atom. The van der Waals surface area contributed by atoms with Gasteiger partial charge in [-0.15, -0.1) is 0 Å². The molecule has 1 amide bonds. The zero-order chi connectivity index (χ0) is 15.4. The minimum atomic E-state index is -0.273. The van der Waals surface area contributed by atoms with Crippen molar-refractivity contribution in [2.75, 3.05) is 36.5 Å². The molecule has 1 fully saturated rings. The highest BCUT2D eigenvalue weighted by atomic mass is 79.9. The maximum absolute atomic E-state index is 12.3. The van der Waals surface area contributed by atoms with Gasteiger partial charge in [-0.1, -0.05) is 15.9 Å². The van der Waals surface area contributed by atoms with Crippen LogP contribution in [0.3, 0.4) is 0 Å². The maximum Gasteiger partial charge on any atom is 0.275 e. The Hall–Kier alpha value is -1.99. The van der Waals surface area contributed by atoms with Gasteiger partial charge >= 0.3 is 0 Å². The SMILES string of the molecule is O=C(Nc1ccc(Br)cc1N1CCOCC1)c1cnccn1. The molecule has 0 aliphatic carbocycles. The quantitative estimate of drug-likeness (QED) is 0.907. The van der Waals surface area contributed by atoms with Crippen molar-refractivity contribution in [1.29, 1.82) is 0 Å². The monoisotopic (exact) mass is 362 g/mol. The number of hydrogen-bond donors (Lipinski definition) is 1. The summed E-state index contributed by atoms with van der Waals surface area (Å²) in [6, 6.07) is 5.77. The molecule has 6 nitrogen and oxygen atoms in total. The number of anilines is 2. The van der Waals surface area contributed by atoms with Crippen LogP contribution in [0.5, 0.6) is 0 Å². The van der Waals surface area contributed by atoms with Crippen molar-refractivity contribution in [3.05, 3.63) is 47.0 Å². The highest BCUT2D eigenvalue weighted by Crippen LogP contribution is 2.30. The average molecular weight is 363 g/mol. The van der Waals surface area contributed by atoms with E-state index in [1.807, 2.05) is 18.2 Å². The van der Waals surface area contributed by atoms with Gasteiger partial charge in [0, 0.05) is 30.0 Å². The molecular formula is C15H15BrN4O2. The number of benzene rings is 1. The summed E-state index contributed by atoms with van der Waals surface area (Å²) in [6.45, 7) is 2.96. The number of rotatable bonds is 3. The predicted octanol–water partition coefficient (Wildman–Crippen LogP) is 2.33. The second-order valence-corrected chi connectivity index (χ2v) is 5.72. The van der Waals surface area contributed by atoms with Gasteiger partial charge in [-0.05, 0) is 18.2 Å². The number of carbonyl (C=O) groups is 1. The summed E-state index contributed by atoms with van der Waals surface area (Å²) in [5, 5.41) is 2.91. The van der Waals surface area contributed by atoms with Crippen LogP contribution in [0.15, 0.2) is 41.3 Å². The molecule has 1 aromatic carbocycles. The first-order chi connectivity index (χ1) is 10.7. The van der Waals surface area contributed by atoms with Gasteiger partial charge in [0.25, 0.3) is 5.91 Å². The van der Waals surface area contributed by atoms with Gasteiger partial charge in [0.2, 0.25) is 0 Å². The van der Waals surface area contributed by atoms with Crippen LogP contribution in [-0.2, 0) is 4.74 Å². The summed E-state index contributed by atoms with van der Waals surface area (Å²) in [5.74, 6) is -0.273. The summed E-state index contributed by atoms with van der Waals surface area (Å²) in [5.41, 5.74) is 2.01. The molecule has 3 rings (SSSR count). The minimum Gasteiger partial charge on any atom is -0.378 e. The van der Waals surface area contributed by atoms with E-state index in [9.17, 15) is 4.79 Å². The lowest BCUT2D eigenvalue weighted by Gasteiger charge is -2.30. The van der Waals surface area contributed by atoms with Crippen molar-refractivity contribution < 1.29 is 9.53 Å². The molecule has 1 aliphatic heterocycles. The van der Waals surface area contributed by atoms with E-state index in [4.69, 9.17) is 4.74 Å². The highest BCUT2D eigenvalue weighted by Gasteiger charge is 2.17. The van der Waals surface area contributed by atoms with Gasteiger partial charge in [-0.2, -0.15) is 0 Å². The number of amides is 1. The van der Waals surface area contributed by atoms with Crippen molar-refractivity contribution in [3.63, 3.8) is 0 Å². The van der Waals surface area contributed by atoms with E-state index >= 15 is 0 Å². The third-order valence-electron chi connectivity index (χ3n) is 3.36. The zero-order valence-corrected chi connectivity index (χ0v) is 13.4. The Balaban J connectivity index is 1.85. The molecule has 0 saturated carbocycles. The normalized spacial score (nSPS) is 14.7. The molecular weight excluding hydrogens is 348 g/mol. The fourth-order valence-electron chi connectivity index (χ4n) is 2.28. The average Bonchev–Trinajstić information content (AvgIpc) is 2.58. The van der Waals surface area contributed by atoms with Crippen LogP contribution in [0.2, 0.25) is 0 Å². The smallest absolute Gasteiger partial charge is 0.275 e. The standard InChI is InChI=1S/C15H15BrN4O2/c16-11-1-2-12(14(9-11)20-5-7-22-8-6-20)19-15(21)13-10-17-3-4-18-13/h1-4,9-10H,5-8H2,(H,19,21). The Labute approximate surface area is 136 Å². The molecule has 1 aromatic heterocycles. The van der Waals surface area contributed by atoms with Gasteiger partial charge in [0.15, 0.2) is 0 Å². The number of nitrogens with zero attached hydrogens (tertiary/aromatic N) is 3. The van der Waals surface area contributed by atoms with Crippen LogP contribution >= 0.6 is 15.9 Å². The second kappa shape index (κ2) is 6.85. The first kappa shape index (κ1) is 14.9. The van der Waals surface area contributed by atoms with E-state index in [-0.39, 0.29) is 5.91 Å². The number of carbonyl (C=O) groups excluding carboxylic acids is 1. The molecule has 0 atom stereocenters. The molecule has 2 heterocycles. The van der Waals surface area contributed by atoms with Crippen LogP contribution in [0.4, 0.5) is 11.4 Å². The van der Waals surface area contributed by atoms with Crippen molar-refractivity contribution in [1.82, 2.24) is 9.97 Å². The van der Waals surface area contributed by atoms with E-state index in [0.717, 1.165) is 28.9 Å². The Bertz CT molecular complexity index is 660. The van der Waals surface area contributed by atoms with Crippen LogP contribution in [0, 0.1) is 0 Å². The number of nitrogens with one attached hydrogen (secondary N) is 1. The van der Waals surface area contributed by atoms with Crippen molar-refractivity contribution >= 4 is 33.2 Å². The summed E-state index contributed by atoms with van der Waals surface area (Å²) >= 11 is 3.48. The van der Waals surface area contributed by atoms with E-state index < -0.39 is 0 Å². The number of halogens is 1. The number of ether oxygens (including phenoxy) is 1. The third-order valence-corrected chi connectivity index (χ3v) is 3.85. The largest absolute Gasteiger partial charge is 0.378 e. The first-order valence-electron chi connectivity index (χ1n) is 6.93. The minimum absolute atomic E-state index is 0.273. The molecule has 114 valence electrons. The van der Waals surface area contributed by atoms with E-state index in [2.05, 4.69) is 36.1 Å². The first-order valence-corrected chi connectivity index (χ1v) is 7.73. The Morgan fingerprint density at radius 2 is 2.09 bits per heavy atom. The molecule has 7 heteroatoms. The van der Waals surface area contributed by atoms with Gasteiger partial charge in [-0.3, -0.25) is 9.78 Å². The van der Waals surface area contributed by atoms with E-state index in [0.29, 0.717) is 18.9 Å². The Morgan fingerprint density at radius 3 is 2.82 bits per heavy atom. The molecule has 0 radical (unpaired) electrons. The zero-order valence-electron chi connectivity index (χ0n) is 11.8. The van der Waals surface area contributed by atoms with Gasteiger partial charge < -0.3 is 15.0 Å². The number of hydrogen-bond acceptors (Lipinski definition) is 5. The molecule has 2 aromatic rings. The van der Waals surface area contributed by atoms with Crippen molar-refractivity contribution in [2.24, 2.45) is 0 Å². The van der Waals surface area contributed by atoms with Crippen LogP contribution in [0.1, 0.15) is 10.5 Å². The van der Waals surface area contributed by atoms with E-state index in [1.54, 1.807) is 0 Å². The topological polar surface area (TPSA) is 67.4 Å². The van der Waals surface area contributed by atoms with Gasteiger partial charge in [0.05, 0.1) is 30.8 Å². The lowest BCUT2D eigenvalue weighted by atomic mass is 10.2. The van der Waals surface area contributed by atoms with Crippen molar-refractivity contribution in [2.45, 2.75) is 0 Å². The van der Waals surface area contributed by atoms with E-state index in [1.165, 1.54) is 18.6 Å².